The normalized spacial score (nSPS) is 11.9. The average molecular weight is 617 g/mol. The molecule has 0 aromatic heterocycles. The number of nitrogens with zero attached hydrogens (tertiary/aromatic N) is 2. The van der Waals surface area contributed by atoms with Crippen LogP contribution in [0.1, 0.15) is 31.4 Å². The monoisotopic (exact) mass is 615 g/mol. The fourth-order valence-corrected chi connectivity index (χ4v) is 5.74. The predicted molar refractivity (Wildman–Crippen MR) is 156 cm³/mol. The standard InChI is InChI=1S/C29H34BrN3O5S/c1-5-16-31-29(35)22(3)32(19-23-8-6-11-26(17-23)38-4)28(34)20-33(25-10-7-9-24(30)18-25)39(36,37)27-14-12-21(2)13-15-27/h6-15,17-18,22H,5,16,19-20H2,1-4H3,(H,31,35)/t22-/m1/s1. The van der Waals surface area contributed by atoms with Crippen LogP contribution in [0.2, 0.25) is 0 Å². The van der Waals surface area contributed by atoms with E-state index < -0.39 is 28.5 Å². The molecule has 0 spiro atoms. The van der Waals surface area contributed by atoms with E-state index in [1.54, 1.807) is 68.6 Å². The van der Waals surface area contributed by atoms with Crippen LogP contribution < -0.4 is 14.4 Å². The Labute approximate surface area is 239 Å². The number of rotatable bonds is 12. The number of hydrogen-bond donors (Lipinski definition) is 1. The lowest BCUT2D eigenvalue weighted by atomic mass is 10.1. The van der Waals surface area contributed by atoms with E-state index >= 15 is 0 Å². The third kappa shape index (κ3) is 7.83. The van der Waals surface area contributed by atoms with Crippen molar-refractivity contribution in [2.24, 2.45) is 0 Å². The largest absolute Gasteiger partial charge is 0.497 e. The Balaban J connectivity index is 2.02. The molecule has 0 saturated carbocycles. The third-order valence-electron chi connectivity index (χ3n) is 6.19. The second kappa shape index (κ2) is 13.6. The first-order valence-electron chi connectivity index (χ1n) is 12.6. The Hall–Kier alpha value is -3.37. The summed E-state index contributed by atoms with van der Waals surface area (Å²) in [6.45, 7) is 5.51. The van der Waals surface area contributed by atoms with Gasteiger partial charge >= 0.3 is 0 Å². The molecular formula is C29H34BrN3O5S. The predicted octanol–water partition coefficient (Wildman–Crippen LogP) is 4.90. The average Bonchev–Trinajstić information content (AvgIpc) is 2.93. The highest BCUT2D eigenvalue weighted by atomic mass is 79.9. The van der Waals surface area contributed by atoms with Crippen molar-refractivity contribution < 1.29 is 22.7 Å². The topological polar surface area (TPSA) is 96.0 Å². The second-order valence-electron chi connectivity index (χ2n) is 9.14. The molecule has 0 bridgehead atoms. The molecule has 3 aromatic rings. The number of carbonyl (C=O) groups is 2. The number of sulfonamides is 1. The van der Waals surface area contributed by atoms with Gasteiger partial charge in [-0.2, -0.15) is 0 Å². The number of amides is 2. The highest BCUT2D eigenvalue weighted by molar-refractivity contribution is 9.10. The summed E-state index contributed by atoms with van der Waals surface area (Å²) >= 11 is 3.40. The Bertz CT molecular complexity index is 1400. The molecule has 2 amide bonds. The molecule has 0 heterocycles. The van der Waals surface area contributed by atoms with Gasteiger partial charge in [0.15, 0.2) is 0 Å². The van der Waals surface area contributed by atoms with Crippen molar-refractivity contribution in [3.63, 3.8) is 0 Å². The van der Waals surface area contributed by atoms with Gasteiger partial charge in [-0.05, 0) is 68.3 Å². The Morgan fingerprint density at radius 1 is 1.03 bits per heavy atom. The lowest BCUT2D eigenvalue weighted by Crippen LogP contribution is -2.51. The first-order valence-corrected chi connectivity index (χ1v) is 14.8. The maximum absolute atomic E-state index is 13.9. The summed E-state index contributed by atoms with van der Waals surface area (Å²) in [5, 5.41) is 2.83. The highest BCUT2D eigenvalue weighted by Crippen LogP contribution is 2.27. The van der Waals surface area contributed by atoms with Crippen molar-refractivity contribution in [3.8, 4) is 5.75 Å². The fraction of sp³-hybridized carbons (Fsp3) is 0.310. The van der Waals surface area contributed by atoms with Crippen molar-refractivity contribution in [1.29, 1.82) is 0 Å². The summed E-state index contributed by atoms with van der Waals surface area (Å²) in [7, 11) is -2.57. The molecule has 3 rings (SSSR count). The van der Waals surface area contributed by atoms with Crippen LogP contribution in [0.15, 0.2) is 82.2 Å². The van der Waals surface area contributed by atoms with E-state index in [0.717, 1.165) is 21.9 Å². The Morgan fingerprint density at radius 3 is 2.36 bits per heavy atom. The van der Waals surface area contributed by atoms with Gasteiger partial charge in [-0.1, -0.05) is 58.7 Å². The molecule has 1 N–H and O–H groups in total. The Morgan fingerprint density at radius 2 is 1.72 bits per heavy atom. The van der Waals surface area contributed by atoms with Gasteiger partial charge in [0.2, 0.25) is 11.8 Å². The molecule has 1 atom stereocenters. The second-order valence-corrected chi connectivity index (χ2v) is 11.9. The van der Waals surface area contributed by atoms with E-state index in [1.807, 2.05) is 19.9 Å². The number of halogens is 1. The minimum atomic E-state index is -4.12. The third-order valence-corrected chi connectivity index (χ3v) is 8.47. The van der Waals surface area contributed by atoms with E-state index in [4.69, 9.17) is 4.74 Å². The molecule has 0 aliphatic carbocycles. The summed E-state index contributed by atoms with van der Waals surface area (Å²) < 4.78 is 34.8. The van der Waals surface area contributed by atoms with Crippen molar-refractivity contribution in [2.45, 2.75) is 44.7 Å². The van der Waals surface area contributed by atoms with Crippen molar-refractivity contribution in [1.82, 2.24) is 10.2 Å². The maximum Gasteiger partial charge on any atom is 0.264 e. The summed E-state index contributed by atoms with van der Waals surface area (Å²) in [6, 6.07) is 19.6. The first kappa shape index (κ1) is 30.2. The molecule has 208 valence electrons. The molecule has 0 aliphatic rings. The SMILES string of the molecule is CCCNC(=O)[C@@H](C)N(Cc1cccc(OC)c1)C(=O)CN(c1cccc(Br)c1)S(=O)(=O)c1ccc(C)cc1. The zero-order chi connectivity index (χ0) is 28.6. The molecule has 0 aliphatic heterocycles. The van der Waals surface area contributed by atoms with Crippen molar-refractivity contribution in [2.75, 3.05) is 24.5 Å². The van der Waals surface area contributed by atoms with Gasteiger partial charge in [0.05, 0.1) is 17.7 Å². The minimum Gasteiger partial charge on any atom is -0.497 e. The molecular weight excluding hydrogens is 582 g/mol. The van der Waals surface area contributed by atoms with Crippen LogP contribution in [0.25, 0.3) is 0 Å². The smallest absolute Gasteiger partial charge is 0.264 e. The maximum atomic E-state index is 13.9. The van der Waals surface area contributed by atoms with Crippen LogP contribution in [0.5, 0.6) is 5.75 Å². The van der Waals surface area contributed by atoms with E-state index in [1.165, 1.54) is 17.0 Å². The number of anilines is 1. The number of ether oxygens (including phenoxy) is 1. The summed E-state index contributed by atoms with van der Waals surface area (Å²) in [6.07, 6.45) is 0.744. The molecule has 8 nitrogen and oxygen atoms in total. The van der Waals surface area contributed by atoms with Crippen LogP contribution in [0.3, 0.4) is 0 Å². The van der Waals surface area contributed by atoms with Crippen LogP contribution in [0, 0.1) is 6.92 Å². The molecule has 3 aromatic carbocycles. The van der Waals surface area contributed by atoms with Gasteiger partial charge in [-0.25, -0.2) is 8.42 Å². The van der Waals surface area contributed by atoms with Crippen LogP contribution in [0.4, 0.5) is 5.69 Å². The summed E-state index contributed by atoms with van der Waals surface area (Å²) in [5.41, 5.74) is 1.98. The number of hydrogen-bond acceptors (Lipinski definition) is 5. The zero-order valence-electron chi connectivity index (χ0n) is 22.6. The molecule has 0 radical (unpaired) electrons. The van der Waals surface area contributed by atoms with E-state index in [-0.39, 0.29) is 17.3 Å². The fourth-order valence-electron chi connectivity index (χ4n) is 3.94. The van der Waals surface area contributed by atoms with Crippen molar-refractivity contribution in [3.05, 3.63) is 88.4 Å². The van der Waals surface area contributed by atoms with Gasteiger partial charge in [0.1, 0.15) is 18.3 Å². The van der Waals surface area contributed by atoms with Gasteiger partial charge in [0.25, 0.3) is 10.0 Å². The molecule has 39 heavy (non-hydrogen) atoms. The van der Waals surface area contributed by atoms with E-state index in [0.29, 0.717) is 22.5 Å². The van der Waals surface area contributed by atoms with Crippen molar-refractivity contribution >= 4 is 43.5 Å². The number of aryl methyl sites for hydroxylation is 1. The van der Waals surface area contributed by atoms with Gasteiger partial charge in [-0.15, -0.1) is 0 Å². The molecule has 10 heteroatoms. The Kier molecular flexibility index (Phi) is 10.5. The highest BCUT2D eigenvalue weighted by Gasteiger charge is 2.32. The van der Waals surface area contributed by atoms with Gasteiger partial charge in [0, 0.05) is 17.6 Å². The number of benzene rings is 3. The quantitative estimate of drug-likeness (QED) is 0.312. The van der Waals surface area contributed by atoms with Crippen LogP contribution in [-0.4, -0.2) is 51.4 Å². The minimum absolute atomic E-state index is 0.0639. The van der Waals surface area contributed by atoms with Gasteiger partial charge in [-0.3, -0.25) is 13.9 Å². The lowest BCUT2D eigenvalue weighted by Gasteiger charge is -2.32. The van der Waals surface area contributed by atoms with Gasteiger partial charge < -0.3 is 15.0 Å². The summed E-state index contributed by atoms with van der Waals surface area (Å²) in [4.78, 5) is 28.3. The molecule has 0 unspecified atom stereocenters. The van der Waals surface area contributed by atoms with Crippen LogP contribution >= 0.6 is 15.9 Å². The number of nitrogens with one attached hydrogen (secondary N) is 1. The number of methoxy groups -OCH3 is 1. The first-order chi connectivity index (χ1) is 18.6. The molecule has 0 fully saturated rings. The van der Waals surface area contributed by atoms with E-state index in [2.05, 4.69) is 21.2 Å². The lowest BCUT2D eigenvalue weighted by molar-refractivity contribution is -0.139. The van der Waals surface area contributed by atoms with E-state index in [9.17, 15) is 18.0 Å². The van der Waals surface area contributed by atoms with Crippen LogP contribution in [-0.2, 0) is 26.2 Å². The number of carbonyl (C=O) groups excluding carboxylic acids is 2. The molecule has 0 saturated heterocycles. The zero-order valence-corrected chi connectivity index (χ0v) is 25.0. The summed E-state index contributed by atoms with van der Waals surface area (Å²) in [5.74, 6) is -0.225.